The van der Waals surface area contributed by atoms with E-state index < -0.39 is 0 Å². The number of amides is 1. The van der Waals surface area contributed by atoms with Gasteiger partial charge in [-0.15, -0.1) is 0 Å². The maximum absolute atomic E-state index is 11.4. The Morgan fingerprint density at radius 3 is 2.44 bits per heavy atom. The fourth-order valence-electron chi connectivity index (χ4n) is 1.85. The summed E-state index contributed by atoms with van der Waals surface area (Å²) >= 11 is 0. The summed E-state index contributed by atoms with van der Waals surface area (Å²) in [7, 11) is 1.64. The second-order valence-corrected chi connectivity index (χ2v) is 4.61. The van der Waals surface area contributed by atoms with Crippen LogP contribution in [0.15, 0.2) is 24.3 Å². The molecule has 2 atom stereocenters. The molecule has 0 unspecified atom stereocenters. The summed E-state index contributed by atoms with van der Waals surface area (Å²) in [5.74, 6) is 0.296. The molecule has 1 aromatic carbocycles. The molecular formula is C14H22N2O2. The molecule has 4 nitrogen and oxygen atoms in total. The van der Waals surface area contributed by atoms with Crippen LogP contribution in [0, 0.1) is 0 Å². The normalized spacial score (nSPS) is 13.9. The van der Waals surface area contributed by atoms with Gasteiger partial charge < -0.3 is 15.7 Å². The van der Waals surface area contributed by atoms with Crippen LogP contribution < -0.4 is 10.6 Å². The fourth-order valence-corrected chi connectivity index (χ4v) is 1.85. The van der Waals surface area contributed by atoms with Crippen LogP contribution in [0.25, 0.3) is 0 Å². The number of benzene rings is 1. The Hall–Kier alpha value is -1.55. The van der Waals surface area contributed by atoms with E-state index >= 15 is 0 Å². The van der Waals surface area contributed by atoms with Crippen molar-refractivity contribution in [1.29, 1.82) is 0 Å². The van der Waals surface area contributed by atoms with Crippen LogP contribution >= 0.6 is 0 Å². The number of likely N-dealkylation sites (N-methyl/N-ethyl adjacent to an activating group) is 1. The van der Waals surface area contributed by atoms with E-state index in [0.29, 0.717) is 0 Å². The van der Waals surface area contributed by atoms with E-state index in [1.165, 1.54) is 5.56 Å². The second-order valence-electron chi connectivity index (χ2n) is 4.61. The van der Waals surface area contributed by atoms with E-state index in [1.807, 2.05) is 19.1 Å². The third-order valence-electron chi connectivity index (χ3n) is 2.98. The number of hydrogen-bond acceptors (Lipinski definition) is 3. The number of hydrogen-bond donors (Lipinski definition) is 3. The average Bonchev–Trinajstić information content (AvgIpc) is 2.37. The van der Waals surface area contributed by atoms with E-state index in [0.717, 1.165) is 12.8 Å². The first-order valence-corrected chi connectivity index (χ1v) is 6.28. The number of nitrogens with one attached hydrogen (secondary N) is 2. The first-order valence-electron chi connectivity index (χ1n) is 6.28. The first kappa shape index (κ1) is 14.5. The molecule has 0 aliphatic carbocycles. The molecule has 1 aromatic rings. The average molecular weight is 250 g/mol. The standard InChI is InChI=1S/C14H22N2O2/c1-10(16-11(2)14(18)15-3)4-5-12-6-8-13(17)9-7-12/h6-11,16-17H,4-5H2,1-3H3,(H,15,18)/t10-,11+/m0/s1. The summed E-state index contributed by atoms with van der Waals surface area (Å²) in [4.78, 5) is 11.4. The van der Waals surface area contributed by atoms with Crippen molar-refractivity contribution in [2.45, 2.75) is 38.8 Å². The summed E-state index contributed by atoms with van der Waals surface area (Å²) in [6.45, 7) is 3.93. The van der Waals surface area contributed by atoms with Crippen molar-refractivity contribution >= 4 is 5.91 Å². The van der Waals surface area contributed by atoms with Crippen LogP contribution in [0.3, 0.4) is 0 Å². The number of carbonyl (C=O) groups is 1. The van der Waals surface area contributed by atoms with Crippen molar-refractivity contribution in [2.24, 2.45) is 0 Å². The van der Waals surface area contributed by atoms with Crippen molar-refractivity contribution in [1.82, 2.24) is 10.6 Å². The summed E-state index contributed by atoms with van der Waals surface area (Å²) in [5, 5.41) is 15.1. The summed E-state index contributed by atoms with van der Waals surface area (Å²) in [5.41, 5.74) is 1.19. The van der Waals surface area contributed by atoms with Gasteiger partial charge in [-0.3, -0.25) is 4.79 Å². The van der Waals surface area contributed by atoms with Gasteiger partial charge in [0.25, 0.3) is 0 Å². The molecule has 100 valence electrons. The van der Waals surface area contributed by atoms with Gasteiger partial charge in [0, 0.05) is 13.1 Å². The Morgan fingerprint density at radius 1 is 1.28 bits per heavy atom. The number of aryl methyl sites for hydroxylation is 1. The van der Waals surface area contributed by atoms with Crippen LogP contribution in [0.4, 0.5) is 0 Å². The molecule has 0 saturated heterocycles. The number of carbonyl (C=O) groups excluding carboxylic acids is 1. The van der Waals surface area contributed by atoms with Crippen molar-refractivity contribution in [2.75, 3.05) is 7.05 Å². The molecule has 0 aromatic heterocycles. The van der Waals surface area contributed by atoms with Crippen molar-refractivity contribution < 1.29 is 9.90 Å². The lowest BCUT2D eigenvalue weighted by Crippen LogP contribution is -2.44. The quantitative estimate of drug-likeness (QED) is 0.716. The Balaban J connectivity index is 2.34. The molecule has 18 heavy (non-hydrogen) atoms. The highest BCUT2D eigenvalue weighted by molar-refractivity contribution is 5.80. The predicted molar refractivity (Wildman–Crippen MR) is 72.6 cm³/mol. The van der Waals surface area contributed by atoms with Crippen molar-refractivity contribution in [3.8, 4) is 5.75 Å². The van der Waals surface area contributed by atoms with Crippen LogP contribution in [0.5, 0.6) is 5.75 Å². The zero-order valence-corrected chi connectivity index (χ0v) is 11.2. The van der Waals surface area contributed by atoms with Gasteiger partial charge in [-0.05, 0) is 44.4 Å². The molecule has 0 heterocycles. The minimum Gasteiger partial charge on any atom is -0.508 e. The Bertz CT molecular complexity index is 376. The topological polar surface area (TPSA) is 61.4 Å². The zero-order valence-electron chi connectivity index (χ0n) is 11.2. The fraction of sp³-hybridized carbons (Fsp3) is 0.500. The van der Waals surface area contributed by atoms with E-state index in [9.17, 15) is 9.90 Å². The molecule has 0 radical (unpaired) electrons. The molecule has 1 amide bonds. The molecule has 0 saturated carbocycles. The molecule has 1 rings (SSSR count). The van der Waals surface area contributed by atoms with Gasteiger partial charge in [-0.1, -0.05) is 12.1 Å². The lowest BCUT2D eigenvalue weighted by Gasteiger charge is -2.18. The molecule has 0 aliphatic heterocycles. The van der Waals surface area contributed by atoms with Crippen LogP contribution in [-0.4, -0.2) is 30.1 Å². The third-order valence-corrected chi connectivity index (χ3v) is 2.98. The van der Waals surface area contributed by atoms with Gasteiger partial charge >= 0.3 is 0 Å². The van der Waals surface area contributed by atoms with Crippen molar-refractivity contribution in [3.63, 3.8) is 0 Å². The molecule has 0 bridgehead atoms. The van der Waals surface area contributed by atoms with Crippen LogP contribution in [0.2, 0.25) is 0 Å². The number of phenolic OH excluding ortho intramolecular Hbond substituents is 1. The molecule has 4 heteroatoms. The van der Waals surface area contributed by atoms with E-state index in [2.05, 4.69) is 17.6 Å². The lowest BCUT2D eigenvalue weighted by atomic mass is 10.1. The number of aromatic hydroxyl groups is 1. The summed E-state index contributed by atoms with van der Waals surface area (Å²) in [6.07, 6.45) is 1.88. The van der Waals surface area contributed by atoms with E-state index in [4.69, 9.17) is 0 Å². The predicted octanol–water partition coefficient (Wildman–Crippen LogP) is 1.44. The third kappa shape index (κ3) is 4.75. The molecular weight excluding hydrogens is 228 g/mol. The lowest BCUT2D eigenvalue weighted by molar-refractivity contribution is -0.122. The molecule has 0 spiro atoms. The highest BCUT2D eigenvalue weighted by Gasteiger charge is 2.13. The maximum atomic E-state index is 11.4. The van der Waals surface area contributed by atoms with Gasteiger partial charge in [0.2, 0.25) is 5.91 Å². The largest absolute Gasteiger partial charge is 0.508 e. The van der Waals surface area contributed by atoms with Gasteiger partial charge in [0.05, 0.1) is 6.04 Å². The Morgan fingerprint density at radius 2 is 1.89 bits per heavy atom. The van der Waals surface area contributed by atoms with Crippen LogP contribution in [0.1, 0.15) is 25.8 Å². The Labute approximate surface area is 108 Å². The number of phenols is 1. The summed E-state index contributed by atoms with van der Waals surface area (Å²) in [6, 6.07) is 7.33. The zero-order chi connectivity index (χ0) is 13.5. The first-order chi connectivity index (χ1) is 8.52. The molecule has 0 aliphatic rings. The van der Waals surface area contributed by atoms with Gasteiger partial charge in [-0.2, -0.15) is 0 Å². The van der Waals surface area contributed by atoms with Crippen molar-refractivity contribution in [3.05, 3.63) is 29.8 Å². The smallest absolute Gasteiger partial charge is 0.236 e. The van der Waals surface area contributed by atoms with E-state index in [1.54, 1.807) is 19.2 Å². The molecule has 3 N–H and O–H groups in total. The van der Waals surface area contributed by atoms with Gasteiger partial charge in [0.15, 0.2) is 0 Å². The summed E-state index contributed by atoms with van der Waals surface area (Å²) < 4.78 is 0. The highest BCUT2D eigenvalue weighted by atomic mass is 16.3. The highest BCUT2D eigenvalue weighted by Crippen LogP contribution is 2.12. The van der Waals surface area contributed by atoms with E-state index in [-0.39, 0.29) is 23.7 Å². The van der Waals surface area contributed by atoms with Gasteiger partial charge in [-0.25, -0.2) is 0 Å². The Kier molecular flexibility index (Phi) is 5.65. The SMILES string of the molecule is CNC(=O)[C@@H](C)N[C@@H](C)CCc1ccc(O)cc1. The number of rotatable bonds is 6. The molecule has 0 fully saturated rings. The maximum Gasteiger partial charge on any atom is 0.236 e. The minimum atomic E-state index is -0.176. The van der Waals surface area contributed by atoms with Gasteiger partial charge in [0.1, 0.15) is 5.75 Å². The van der Waals surface area contributed by atoms with Crippen LogP contribution in [-0.2, 0) is 11.2 Å². The monoisotopic (exact) mass is 250 g/mol. The minimum absolute atomic E-state index is 0.00600. The second kappa shape index (κ2) is 7.01.